The number of anilines is 1. The van der Waals surface area contributed by atoms with Crippen molar-refractivity contribution in [2.75, 3.05) is 18.4 Å². The number of para-hydroxylation sites is 2. The highest BCUT2D eigenvalue weighted by atomic mass is 16.1. The first-order valence-electron chi connectivity index (χ1n) is 8.57. The Morgan fingerprint density at radius 3 is 2.76 bits per heavy atom. The summed E-state index contributed by atoms with van der Waals surface area (Å²) in [6, 6.07) is 11.8. The second kappa shape index (κ2) is 7.79. The first-order chi connectivity index (χ1) is 12.2. The molecule has 2 N–H and O–H groups in total. The van der Waals surface area contributed by atoms with Gasteiger partial charge in [-0.25, -0.2) is 9.97 Å². The topological polar surface area (TPSA) is 71.8 Å². The largest absolute Gasteiger partial charge is 0.370 e. The number of carbonyl (C=O) groups is 1. The van der Waals surface area contributed by atoms with Gasteiger partial charge in [0, 0.05) is 32.8 Å². The molecule has 1 aromatic carbocycles. The van der Waals surface area contributed by atoms with Gasteiger partial charge in [-0.1, -0.05) is 12.1 Å². The molecule has 0 spiro atoms. The van der Waals surface area contributed by atoms with Crippen LogP contribution in [0.25, 0.3) is 11.0 Å². The molecule has 0 radical (unpaired) electrons. The third-order valence-corrected chi connectivity index (χ3v) is 4.13. The third-order valence-electron chi connectivity index (χ3n) is 4.13. The number of nitrogens with one attached hydrogen (secondary N) is 2. The van der Waals surface area contributed by atoms with E-state index in [0.717, 1.165) is 42.1 Å². The highest BCUT2D eigenvalue weighted by Crippen LogP contribution is 2.15. The smallest absolute Gasteiger partial charge is 0.252 e. The summed E-state index contributed by atoms with van der Waals surface area (Å²) < 4.78 is 2.15. The van der Waals surface area contributed by atoms with Crippen molar-refractivity contribution in [3.05, 3.63) is 54.0 Å². The van der Waals surface area contributed by atoms with Gasteiger partial charge in [-0.15, -0.1) is 0 Å². The average molecular weight is 337 g/mol. The van der Waals surface area contributed by atoms with Crippen LogP contribution in [0.15, 0.2) is 42.6 Å². The minimum absolute atomic E-state index is 0.0941. The maximum atomic E-state index is 11.7. The Balaban J connectivity index is 1.51. The number of aromatic nitrogens is 3. The van der Waals surface area contributed by atoms with E-state index in [0.29, 0.717) is 12.1 Å². The zero-order chi connectivity index (χ0) is 17.6. The van der Waals surface area contributed by atoms with Crippen molar-refractivity contribution in [2.24, 2.45) is 7.05 Å². The Kier molecular flexibility index (Phi) is 5.28. The molecule has 3 aromatic rings. The van der Waals surface area contributed by atoms with Crippen LogP contribution in [0.1, 0.15) is 29.5 Å². The lowest BCUT2D eigenvalue weighted by Gasteiger charge is -2.07. The number of carbonyl (C=O) groups excluding carboxylic acids is 1. The van der Waals surface area contributed by atoms with E-state index in [2.05, 4.69) is 38.3 Å². The molecule has 2 aromatic heterocycles. The van der Waals surface area contributed by atoms with Gasteiger partial charge in [-0.3, -0.25) is 4.79 Å². The van der Waals surface area contributed by atoms with Crippen molar-refractivity contribution in [3.8, 4) is 0 Å². The number of imidazole rings is 1. The van der Waals surface area contributed by atoms with Crippen molar-refractivity contribution in [2.45, 2.75) is 19.8 Å². The van der Waals surface area contributed by atoms with Crippen molar-refractivity contribution >= 4 is 22.8 Å². The number of hydrogen-bond acceptors (Lipinski definition) is 4. The van der Waals surface area contributed by atoms with Gasteiger partial charge in [0.2, 0.25) is 0 Å². The van der Waals surface area contributed by atoms with E-state index in [4.69, 9.17) is 0 Å². The number of amides is 1. The van der Waals surface area contributed by atoms with Crippen LogP contribution in [0.4, 0.5) is 5.82 Å². The van der Waals surface area contributed by atoms with Gasteiger partial charge in [0.15, 0.2) is 0 Å². The molecule has 0 saturated carbocycles. The summed E-state index contributed by atoms with van der Waals surface area (Å²) in [5, 5.41) is 6.05. The maximum absolute atomic E-state index is 11.7. The van der Waals surface area contributed by atoms with Gasteiger partial charge in [-0.05, 0) is 37.6 Å². The highest BCUT2D eigenvalue weighted by Gasteiger charge is 2.07. The quantitative estimate of drug-likeness (QED) is 0.650. The van der Waals surface area contributed by atoms with Crippen LogP contribution in [0.3, 0.4) is 0 Å². The van der Waals surface area contributed by atoms with Crippen LogP contribution in [-0.2, 0) is 13.5 Å². The Labute approximate surface area is 147 Å². The van der Waals surface area contributed by atoms with Crippen LogP contribution >= 0.6 is 0 Å². The van der Waals surface area contributed by atoms with Gasteiger partial charge in [0.1, 0.15) is 11.6 Å². The zero-order valence-corrected chi connectivity index (χ0v) is 14.6. The Morgan fingerprint density at radius 2 is 2.04 bits per heavy atom. The molecule has 1 amide bonds. The lowest BCUT2D eigenvalue weighted by atomic mass is 10.2. The predicted molar refractivity (Wildman–Crippen MR) is 99.8 cm³/mol. The highest BCUT2D eigenvalue weighted by molar-refractivity contribution is 5.93. The molecular formula is C19H23N5O. The molecule has 0 aliphatic heterocycles. The molecule has 3 rings (SSSR count). The van der Waals surface area contributed by atoms with E-state index in [1.807, 2.05) is 31.2 Å². The van der Waals surface area contributed by atoms with Gasteiger partial charge in [0.05, 0.1) is 16.6 Å². The van der Waals surface area contributed by atoms with Crippen LogP contribution < -0.4 is 10.6 Å². The number of nitrogens with zero attached hydrogens (tertiary/aromatic N) is 3. The summed E-state index contributed by atoms with van der Waals surface area (Å²) in [5.74, 6) is 1.77. The van der Waals surface area contributed by atoms with E-state index in [1.54, 1.807) is 12.3 Å². The Hall–Kier alpha value is -2.89. The van der Waals surface area contributed by atoms with Crippen LogP contribution in [-0.4, -0.2) is 33.5 Å². The predicted octanol–water partition coefficient (Wildman–Crippen LogP) is 2.76. The summed E-state index contributed by atoms with van der Waals surface area (Å²) >= 11 is 0. The van der Waals surface area contributed by atoms with Gasteiger partial charge >= 0.3 is 0 Å². The summed E-state index contributed by atoms with van der Waals surface area (Å²) in [4.78, 5) is 20.7. The lowest BCUT2D eigenvalue weighted by molar-refractivity contribution is 0.0955. The zero-order valence-electron chi connectivity index (χ0n) is 14.6. The Morgan fingerprint density at radius 1 is 1.20 bits per heavy atom. The molecule has 6 heteroatoms. The van der Waals surface area contributed by atoms with Gasteiger partial charge in [0.25, 0.3) is 5.91 Å². The summed E-state index contributed by atoms with van der Waals surface area (Å²) in [5.41, 5.74) is 2.77. The van der Waals surface area contributed by atoms with Crippen molar-refractivity contribution in [1.29, 1.82) is 0 Å². The van der Waals surface area contributed by atoms with E-state index in [9.17, 15) is 4.79 Å². The fourth-order valence-corrected chi connectivity index (χ4v) is 2.78. The number of hydrogen-bond donors (Lipinski definition) is 2. The summed E-state index contributed by atoms with van der Waals surface area (Å²) in [6.07, 6.45) is 3.45. The number of aryl methyl sites for hydroxylation is 2. The number of pyridine rings is 1. The maximum Gasteiger partial charge on any atom is 0.252 e. The molecule has 2 heterocycles. The molecule has 25 heavy (non-hydrogen) atoms. The molecule has 130 valence electrons. The monoisotopic (exact) mass is 337 g/mol. The molecule has 0 saturated heterocycles. The number of benzene rings is 1. The van der Waals surface area contributed by atoms with E-state index in [-0.39, 0.29) is 5.91 Å². The van der Waals surface area contributed by atoms with Crippen LogP contribution in [0.2, 0.25) is 0 Å². The lowest BCUT2D eigenvalue weighted by Crippen LogP contribution is -2.22. The summed E-state index contributed by atoms with van der Waals surface area (Å²) in [7, 11) is 2.06. The fraction of sp³-hybridized carbons (Fsp3) is 0.316. The first-order valence-corrected chi connectivity index (χ1v) is 8.57. The molecule has 0 fully saturated rings. The third kappa shape index (κ3) is 3.96. The van der Waals surface area contributed by atoms with Gasteiger partial charge in [-0.2, -0.15) is 0 Å². The van der Waals surface area contributed by atoms with Crippen LogP contribution in [0, 0.1) is 0 Å². The molecule has 6 nitrogen and oxygen atoms in total. The molecule has 0 unspecified atom stereocenters. The van der Waals surface area contributed by atoms with Crippen molar-refractivity contribution < 1.29 is 4.79 Å². The minimum atomic E-state index is -0.0941. The molecule has 0 aliphatic rings. The van der Waals surface area contributed by atoms with Crippen molar-refractivity contribution in [3.63, 3.8) is 0 Å². The number of rotatable bonds is 7. The molecule has 0 atom stereocenters. The van der Waals surface area contributed by atoms with Crippen LogP contribution in [0.5, 0.6) is 0 Å². The van der Waals surface area contributed by atoms with Gasteiger partial charge < -0.3 is 15.2 Å². The first kappa shape index (κ1) is 17.0. The fourth-order valence-electron chi connectivity index (χ4n) is 2.78. The second-order valence-corrected chi connectivity index (χ2v) is 5.90. The Bertz CT molecular complexity index is 854. The standard InChI is InChI=1S/C19H23N5O/c1-3-20-19(25)14-10-11-17(22-13-14)21-12-6-9-18-23-15-7-4-5-8-16(15)24(18)2/h4-5,7-8,10-11,13H,3,6,9,12H2,1-2H3,(H,20,25)(H,21,22). The van der Waals surface area contributed by atoms with E-state index >= 15 is 0 Å². The molecule has 0 bridgehead atoms. The second-order valence-electron chi connectivity index (χ2n) is 5.90. The van der Waals surface area contributed by atoms with E-state index in [1.165, 1.54) is 0 Å². The molecule has 0 aliphatic carbocycles. The minimum Gasteiger partial charge on any atom is -0.370 e. The normalized spacial score (nSPS) is 10.8. The molecular weight excluding hydrogens is 314 g/mol. The summed E-state index contributed by atoms with van der Waals surface area (Å²) in [6.45, 7) is 3.31. The van der Waals surface area contributed by atoms with E-state index < -0.39 is 0 Å². The number of fused-ring (bicyclic) bond motifs is 1. The SMILES string of the molecule is CCNC(=O)c1ccc(NCCCc2nc3ccccc3n2C)nc1. The average Bonchev–Trinajstić information content (AvgIpc) is 2.96. The van der Waals surface area contributed by atoms with Crippen molar-refractivity contribution in [1.82, 2.24) is 19.9 Å².